The summed E-state index contributed by atoms with van der Waals surface area (Å²) in [6, 6.07) is 0.553. The van der Waals surface area contributed by atoms with Gasteiger partial charge in [0.25, 0.3) is 0 Å². The van der Waals surface area contributed by atoms with Gasteiger partial charge in [-0.3, -0.25) is 5.10 Å². The van der Waals surface area contributed by atoms with Crippen molar-refractivity contribution in [3.05, 3.63) is 5.82 Å². The number of hydrogen-bond donors (Lipinski definition) is 2. The zero-order chi connectivity index (χ0) is 14.3. The molecule has 0 radical (unpaired) electrons. The third kappa shape index (κ3) is 2.32. The number of H-pyrrole nitrogens is 1. The van der Waals surface area contributed by atoms with E-state index in [1.165, 1.54) is 19.3 Å². The van der Waals surface area contributed by atoms with Crippen molar-refractivity contribution in [1.29, 1.82) is 0 Å². The quantitative estimate of drug-likeness (QED) is 0.871. The van der Waals surface area contributed by atoms with Gasteiger partial charge in [0, 0.05) is 24.5 Å². The Morgan fingerprint density at radius 3 is 2.80 bits per heavy atom. The molecule has 0 aromatic carbocycles. The molecule has 2 heterocycles. The Morgan fingerprint density at radius 2 is 2.10 bits per heavy atom. The molecule has 3 unspecified atom stereocenters. The molecule has 112 valence electrons. The molecule has 3 rings (SSSR count). The van der Waals surface area contributed by atoms with Crippen LogP contribution < -0.4 is 10.6 Å². The van der Waals surface area contributed by atoms with Crippen molar-refractivity contribution in [3.63, 3.8) is 0 Å². The van der Waals surface area contributed by atoms with Gasteiger partial charge in [-0.05, 0) is 38.0 Å². The third-order valence-corrected chi connectivity index (χ3v) is 5.38. The van der Waals surface area contributed by atoms with Crippen LogP contribution in [0, 0.1) is 5.41 Å². The molecule has 5 heteroatoms. The van der Waals surface area contributed by atoms with Crippen molar-refractivity contribution in [1.82, 2.24) is 15.2 Å². The fraction of sp³-hybridized carbons (Fsp3) is 0.867. The van der Waals surface area contributed by atoms with Gasteiger partial charge in [0.15, 0.2) is 0 Å². The van der Waals surface area contributed by atoms with E-state index in [0.717, 1.165) is 31.2 Å². The zero-order valence-corrected chi connectivity index (χ0v) is 12.9. The normalized spacial score (nSPS) is 33.6. The Hall–Kier alpha value is -1.10. The minimum atomic E-state index is 0.230. The minimum absolute atomic E-state index is 0.230. The van der Waals surface area contributed by atoms with Crippen LogP contribution in [-0.2, 0) is 0 Å². The second kappa shape index (κ2) is 5.02. The first-order valence-corrected chi connectivity index (χ1v) is 7.93. The van der Waals surface area contributed by atoms with Crippen molar-refractivity contribution in [2.24, 2.45) is 11.1 Å². The van der Waals surface area contributed by atoms with E-state index in [-0.39, 0.29) is 6.04 Å². The average molecular weight is 277 g/mol. The molecule has 5 nitrogen and oxygen atoms in total. The van der Waals surface area contributed by atoms with Gasteiger partial charge < -0.3 is 10.6 Å². The highest BCUT2D eigenvalue weighted by atomic mass is 15.4. The zero-order valence-electron chi connectivity index (χ0n) is 12.9. The topological polar surface area (TPSA) is 70.8 Å². The highest BCUT2D eigenvalue weighted by Gasteiger charge is 2.38. The van der Waals surface area contributed by atoms with Gasteiger partial charge in [-0.1, -0.05) is 20.3 Å². The Morgan fingerprint density at radius 1 is 1.30 bits per heavy atom. The molecule has 0 amide bonds. The SMILES string of the molecule is CC1C(N)CCCN1c1n[nH]c(C2CCCC2(C)C)n1. The van der Waals surface area contributed by atoms with E-state index < -0.39 is 0 Å². The highest BCUT2D eigenvalue weighted by molar-refractivity contribution is 5.33. The smallest absolute Gasteiger partial charge is 0.245 e. The van der Waals surface area contributed by atoms with Crippen LogP contribution in [0.1, 0.15) is 64.6 Å². The van der Waals surface area contributed by atoms with E-state index in [0.29, 0.717) is 17.4 Å². The van der Waals surface area contributed by atoms with Crippen molar-refractivity contribution >= 4 is 5.95 Å². The molecular weight excluding hydrogens is 250 g/mol. The Kier molecular flexibility index (Phi) is 3.48. The fourth-order valence-electron chi connectivity index (χ4n) is 3.84. The number of aromatic nitrogens is 3. The average Bonchev–Trinajstić information content (AvgIpc) is 2.98. The Bertz CT molecular complexity index is 467. The number of nitrogens with one attached hydrogen (secondary N) is 1. The molecule has 0 spiro atoms. The molecule has 1 aromatic heterocycles. The van der Waals surface area contributed by atoms with Crippen molar-refractivity contribution in [2.45, 2.75) is 70.9 Å². The number of aromatic amines is 1. The first-order valence-electron chi connectivity index (χ1n) is 7.93. The van der Waals surface area contributed by atoms with Gasteiger partial charge in [-0.25, -0.2) is 0 Å². The van der Waals surface area contributed by atoms with Crippen molar-refractivity contribution in [3.8, 4) is 0 Å². The van der Waals surface area contributed by atoms with Gasteiger partial charge in [0.05, 0.1) is 0 Å². The maximum absolute atomic E-state index is 6.17. The molecule has 1 aliphatic carbocycles. The summed E-state index contributed by atoms with van der Waals surface area (Å²) in [5, 5.41) is 7.66. The number of anilines is 1. The van der Waals surface area contributed by atoms with Gasteiger partial charge in [0.2, 0.25) is 5.95 Å². The molecule has 20 heavy (non-hydrogen) atoms. The molecule has 1 aliphatic heterocycles. The van der Waals surface area contributed by atoms with E-state index in [4.69, 9.17) is 10.7 Å². The summed E-state index contributed by atoms with van der Waals surface area (Å²) in [6.07, 6.45) is 6.02. The van der Waals surface area contributed by atoms with Gasteiger partial charge in [-0.2, -0.15) is 4.98 Å². The van der Waals surface area contributed by atoms with E-state index in [1.807, 2.05) is 0 Å². The molecule has 2 fully saturated rings. The van der Waals surface area contributed by atoms with Crippen LogP contribution in [0.2, 0.25) is 0 Å². The number of nitrogens with zero attached hydrogens (tertiary/aromatic N) is 3. The van der Waals surface area contributed by atoms with Crippen LogP contribution >= 0.6 is 0 Å². The third-order valence-electron chi connectivity index (χ3n) is 5.38. The van der Waals surface area contributed by atoms with E-state index in [1.54, 1.807) is 0 Å². The standard InChI is InChI=1S/C15H27N5/c1-10-12(16)7-5-9-20(10)14-17-13(18-19-14)11-6-4-8-15(11,2)3/h10-12H,4-9,16H2,1-3H3,(H,17,18,19). The first kappa shape index (κ1) is 13.9. The predicted molar refractivity (Wildman–Crippen MR) is 80.8 cm³/mol. The fourth-order valence-corrected chi connectivity index (χ4v) is 3.84. The van der Waals surface area contributed by atoms with Crippen LogP contribution in [0.4, 0.5) is 5.95 Å². The number of hydrogen-bond acceptors (Lipinski definition) is 4. The molecule has 3 atom stereocenters. The lowest BCUT2D eigenvalue weighted by atomic mass is 9.81. The summed E-state index contributed by atoms with van der Waals surface area (Å²) >= 11 is 0. The molecular formula is C15H27N5. The lowest BCUT2D eigenvalue weighted by Gasteiger charge is -2.36. The summed E-state index contributed by atoms with van der Waals surface area (Å²) in [4.78, 5) is 7.06. The highest BCUT2D eigenvalue weighted by Crippen LogP contribution is 2.47. The second-order valence-corrected chi connectivity index (χ2v) is 7.19. The summed E-state index contributed by atoms with van der Waals surface area (Å²) in [5.41, 5.74) is 6.50. The Balaban J connectivity index is 1.80. The van der Waals surface area contributed by atoms with Gasteiger partial charge >= 0.3 is 0 Å². The van der Waals surface area contributed by atoms with Crippen LogP contribution in [-0.4, -0.2) is 33.8 Å². The molecule has 0 bridgehead atoms. The van der Waals surface area contributed by atoms with Crippen LogP contribution in [0.15, 0.2) is 0 Å². The van der Waals surface area contributed by atoms with E-state index in [2.05, 4.69) is 35.9 Å². The summed E-state index contributed by atoms with van der Waals surface area (Å²) in [5.74, 6) is 2.41. The number of piperidine rings is 1. The largest absolute Gasteiger partial charge is 0.335 e. The predicted octanol–water partition coefficient (Wildman–Crippen LogP) is 2.41. The number of nitrogens with two attached hydrogens (primary N) is 1. The maximum atomic E-state index is 6.17. The van der Waals surface area contributed by atoms with Gasteiger partial charge in [-0.15, -0.1) is 5.10 Å². The molecule has 2 aliphatic rings. The molecule has 1 saturated heterocycles. The van der Waals surface area contributed by atoms with Crippen molar-refractivity contribution < 1.29 is 0 Å². The minimum Gasteiger partial charge on any atom is -0.335 e. The summed E-state index contributed by atoms with van der Waals surface area (Å²) in [7, 11) is 0. The summed E-state index contributed by atoms with van der Waals surface area (Å²) in [6.45, 7) is 7.87. The monoisotopic (exact) mass is 277 g/mol. The second-order valence-electron chi connectivity index (χ2n) is 7.19. The van der Waals surface area contributed by atoms with Crippen LogP contribution in [0.5, 0.6) is 0 Å². The van der Waals surface area contributed by atoms with Crippen LogP contribution in [0.25, 0.3) is 0 Å². The maximum Gasteiger partial charge on any atom is 0.245 e. The Labute approximate surface area is 121 Å². The number of rotatable bonds is 2. The summed E-state index contributed by atoms with van der Waals surface area (Å²) < 4.78 is 0. The van der Waals surface area contributed by atoms with Crippen molar-refractivity contribution in [2.75, 3.05) is 11.4 Å². The molecule has 1 aromatic rings. The molecule has 3 N–H and O–H groups in total. The molecule has 1 saturated carbocycles. The first-order chi connectivity index (χ1) is 9.49. The van der Waals surface area contributed by atoms with Gasteiger partial charge in [0.1, 0.15) is 5.82 Å². The lowest BCUT2D eigenvalue weighted by molar-refractivity contribution is 0.322. The van der Waals surface area contributed by atoms with Crippen LogP contribution in [0.3, 0.4) is 0 Å². The lowest BCUT2D eigenvalue weighted by Crippen LogP contribution is -2.51. The van der Waals surface area contributed by atoms with E-state index in [9.17, 15) is 0 Å². The van der Waals surface area contributed by atoms with E-state index >= 15 is 0 Å².